The Morgan fingerprint density at radius 2 is 2.59 bits per heavy atom. The number of carbonyl (C=O) groups is 1. The van der Waals surface area contributed by atoms with E-state index >= 15 is 0 Å². The molecule has 0 saturated carbocycles. The van der Waals surface area contributed by atoms with Crippen LogP contribution in [-0.4, -0.2) is 30.4 Å². The van der Waals surface area contributed by atoms with Gasteiger partial charge in [0.15, 0.2) is 0 Å². The molecule has 92 valence electrons. The number of nitrogens with zero attached hydrogens (tertiary/aromatic N) is 1. The molecular formula is C9H13N4O2S2+. The molecule has 1 unspecified atom stereocenters. The van der Waals surface area contributed by atoms with Gasteiger partial charge in [-0.05, 0) is 29.7 Å². The lowest BCUT2D eigenvalue weighted by Gasteiger charge is -2.10. The van der Waals surface area contributed by atoms with Gasteiger partial charge in [-0.3, -0.25) is 10.7 Å². The number of thiophene rings is 1. The zero-order valence-electron chi connectivity index (χ0n) is 9.01. The van der Waals surface area contributed by atoms with E-state index in [1.54, 1.807) is 4.90 Å². The Morgan fingerprint density at radius 1 is 1.76 bits per heavy atom. The first kappa shape index (κ1) is 12.1. The number of amides is 1. The third kappa shape index (κ3) is 2.84. The van der Waals surface area contributed by atoms with E-state index in [0.29, 0.717) is 18.2 Å². The molecule has 1 atom stereocenters. The number of carbonyl (C=O) groups excluding carboxylic acids is 1. The molecule has 1 fully saturated rings. The third-order valence-electron chi connectivity index (χ3n) is 2.30. The number of cyclic esters (lactones) is 1. The molecule has 1 aromatic rings. The summed E-state index contributed by atoms with van der Waals surface area (Å²) in [4.78, 5) is 13.2. The molecule has 1 aliphatic rings. The van der Waals surface area contributed by atoms with Gasteiger partial charge in [-0.2, -0.15) is 0 Å². The van der Waals surface area contributed by atoms with E-state index in [9.17, 15) is 4.79 Å². The van der Waals surface area contributed by atoms with Crippen LogP contribution in [0.4, 0.5) is 9.80 Å². The highest BCUT2D eigenvalue weighted by Gasteiger charge is 2.32. The zero-order chi connectivity index (χ0) is 12.3. The Labute approximate surface area is 108 Å². The van der Waals surface area contributed by atoms with E-state index in [1.807, 2.05) is 17.5 Å². The number of nitrogens with one attached hydrogen (secondary N) is 2. The molecule has 8 heteroatoms. The van der Waals surface area contributed by atoms with Crippen LogP contribution in [0.3, 0.4) is 0 Å². The molecule has 1 aliphatic heterocycles. The number of ether oxygens (including phenoxy) is 1. The van der Waals surface area contributed by atoms with Crippen LogP contribution in [0.1, 0.15) is 0 Å². The molecule has 1 aromatic heterocycles. The van der Waals surface area contributed by atoms with Crippen molar-refractivity contribution in [2.75, 3.05) is 18.0 Å². The predicted octanol–water partition coefficient (Wildman–Crippen LogP) is -0.306. The highest BCUT2D eigenvalue weighted by atomic mass is 32.1. The molecule has 6 nitrogen and oxygen atoms in total. The first-order valence-electron chi connectivity index (χ1n) is 5.03. The third-order valence-corrected chi connectivity index (χ3v) is 3.48. The minimum Gasteiger partial charge on any atom is -0.442 e. The van der Waals surface area contributed by atoms with E-state index in [0.717, 1.165) is 5.00 Å². The minimum atomic E-state index is -0.312. The Hall–Kier alpha value is -1.38. The van der Waals surface area contributed by atoms with Gasteiger partial charge in [0.1, 0.15) is 11.1 Å². The summed E-state index contributed by atoms with van der Waals surface area (Å²) in [6, 6.07) is 3.80. The van der Waals surface area contributed by atoms with Gasteiger partial charge in [-0.25, -0.2) is 10.2 Å². The van der Waals surface area contributed by atoms with Crippen molar-refractivity contribution in [1.29, 1.82) is 0 Å². The molecular weight excluding hydrogens is 260 g/mol. The standard InChI is InChI=1S/C9H12N4O2S2/c10-12-8(16)11-4-6-5-13(9(14)15-6)7-2-1-3-17-7/h1-3,6H,4-5,10H2,(H2,11,12,16)/p+1. The van der Waals surface area contributed by atoms with Crippen LogP contribution in [0.2, 0.25) is 0 Å². The van der Waals surface area contributed by atoms with Gasteiger partial charge in [0, 0.05) is 0 Å². The van der Waals surface area contributed by atoms with Crippen molar-refractivity contribution >= 4 is 39.8 Å². The highest BCUT2D eigenvalue weighted by molar-refractivity contribution is 7.80. The average molecular weight is 273 g/mol. The quantitative estimate of drug-likeness (QED) is 0.520. The second-order valence-electron chi connectivity index (χ2n) is 3.45. The van der Waals surface area contributed by atoms with Crippen LogP contribution in [0.5, 0.6) is 0 Å². The molecule has 0 aliphatic carbocycles. The smallest absolute Gasteiger partial charge is 0.415 e. The van der Waals surface area contributed by atoms with E-state index in [1.165, 1.54) is 11.3 Å². The first-order chi connectivity index (χ1) is 8.20. The number of thiocarbonyl (C=S) groups is 1. The zero-order valence-corrected chi connectivity index (χ0v) is 10.6. The molecule has 0 aromatic carbocycles. The van der Waals surface area contributed by atoms with E-state index in [4.69, 9.17) is 17.0 Å². The van der Waals surface area contributed by atoms with Crippen molar-refractivity contribution in [2.24, 2.45) is 0 Å². The molecule has 1 amide bonds. The number of quaternary nitrogens is 1. The van der Waals surface area contributed by atoms with Crippen LogP contribution in [0.25, 0.3) is 0 Å². The maximum Gasteiger partial charge on any atom is 0.415 e. The van der Waals surface area contributed by atoms with Crippen molar-refractivity contribution in [3.63, 3.8) is 0 Å². The topological polar surface area (TPSA) is 81.2 Å². The first-order valence-corrected chi connectivity index (χ1v) is 6.32. The summed E-state index contributed by atoms with van der Waals surface area (Å²) in [5, 5.41) is 6.18. The van der Waals surface area contributed by atoms with Gasteiger partial charge in [0.2, 0.25) is 5.11 Å². The van der Waals surface area contributed by atoms with Gasteiger partial charge in [-0.15, -0.1) is 11.3 Å². The fourth-order valence-electron chi connectivity index (χ4n) is 1.50. The maximum atomic E-state index is 11.6. The molecule has 0 bridgehead atoms. The number of hydrogen-bond acceptors (Lipinski definition) is 4. The minimum absolute atomic E-state index is 0.198. The molecule has 2 rings (SSSR count). The summed E-state index contributed by atoms with van der Waals surface area (Å²) in [6.07, 6.45) is -0.511. The lowest BCUT2D eigenvalue weighted by molar-refractivity contribution is -0.419. The Kier molecular flexibility index (Phi) is 3.77. The van der Waals surface area contributed by atoms with Crippen molar-refractivity contribution in [3.8, 4) is 0 Å². The van der Waals surface area contributed by atoms with Gasteiger partial charge in [-0.1, -0.05) is 0 Å². The Balaban J connectivity index is 1.89. The lowest BCUT2D eigenvalue weighted by atomic mass is 10.3. The molecule has 0 spiro atoms. The van der Waals surface area contributed by atoms with Gasteiger partial charge in [0.05, 0.1) is 13.1 Å². The summed E-state index contributed by atoms with van der Waals surface area (Å²) in [5.41, 5.74) is 2.56. The second kappa shape index (κ2) is 5.30. The van der Waals surface area contributed by atoms with Crippen molar-refractivity contribution in [1.82, 2.24) is 10.7 Å². The summed E-state index contributed by atoms with van der Waals surface area (Å²) in [5.74, 6) is 3.43. The lowest BCUT2D eigenvalue weighted by Crippen LogP contribution is -2.69. The summed E-state index contributed by atoms with van der Waals surface area (Å²) >= 11 is 6.40. The monoisotopic (exact) mass is 273 g/mol. The summed E-state index contributed by atoms with van der Waals surface area (Å²) in [6.45, 7) is 1.01. The number of anilines is 1. The predicted molar refractivity (Wildman–Crippen MR) is 68.6 cm³/mol. The van der Waals surface area contributed by atoms with Crippen LogP contribution < -0.4 is 21.5 Å². The molecule has 5 N–H and O–H groups in total. The fraction of sp³-hybridized carbons (Fsp3) is 0.333. The van der Waals surface area contributed by atoms with Crippen LogP contribution in [0, 0.1) is 0 Å². The van der Waals surface area contributed by atoms with Gasteiger partial charge >= 0.3 is 6.09 Å². The average Bonchev–Trinajstić information content (AvgIpc) is 2.94. The largest absolute Gasteiger partial charge is 0.442 e. The van der Waals surface area contributed by atoms with E-state index in [2.05, 4.69) is 16.6 Å². The SMILES string of the molecule is [NH3+]NC(=S)NCC1CN(c2cccs2)C(=O)O1. The van der Waals surface area contributed by atoms with Crippen LogP contribution >= 0.6 is 23.6 Å². The van der Waals surface area contributed by atoms with Crippen molar-refractivity contribution in [3.05, 3.63) is 17.5 Å². The normalized spacial score (nSPS) is 19.0. The molecule has 2 heterocycles. The van der Waals surface area contributed by atoms with E-state index < -0.39 is 0 Å². The number of rotatable bonds is 3. The number of hydrogen-bond donors (Lipinski definition) is 3. The molecule has 0 radical (unpaired) electrons. The van der Waals surface area contributed by atoms with Crippen molar-refractivity contribution < 1.29 is 15.4 Å². The van der Waals surface area contributed by atoms with E-state index in [-0.39, 0.29) is 12.2 Å². The fourth-order valence-corrected chi connectivity index (χ4v) is 2.31. The van der Waals surface area contributed by atoms with Crippen molar-refractivity contribution in [2.45, 2.75) is 6.10 Å². The summed E-state index contributed by atoms with van der Waals surface area (Å²) in [7, 11) is 0. The molecule has 1 saturated heterocycles. The maximum absolute atomic E-state index is 11.6. The van der Waals surface area contributed by atoms with Gasteiger partial charge in [0.25, 0.3) is 0 Å². The highest BCUT2D eigenvalue weighted by Crippen LogP contribution is 2.25. The Morgan fingerprint density at radius 3 is 3.24 bits per heavy atom. The van der Waals surface area contributed by atoms with Crippen LogP contribution in [0.15, 0.2) is 17.5 Å². The molecule has 17 heavy (non-hydrogen) atoms. The van der Waals surface area contributed by atoms with Crippen LogP contribution in [-0.2, 0) is 4.74 Å². The second-order valence-corrected chi connectivity index (χ2v) is 4.79. The van der Waals surface area contributed by atoms with Gasteiger partial charge < -0.3 is 10.1 Å². The summed E-state index contributed by atoms with van der Waals surface area (Å²) < 4.78 is 5.22. The Bertz CT molecular complexity index is 409.